The summed E-state index contributed by atoms with van der Waals surface area (Å²) < 4.78 is 49.0. The number of methoxy groups -OCH3 is 2. The van der Waals surface area contributed by atoms with Gasteiger partial charge in [-0.15, -0.1) is 0 Å². The Labute approximate surface area is 134 Å². The van der Waals surface area contributed by atoms with Gasteiger partial charge in [-0.2, -0.15) is 0 Å². The van der Waals surface area contributed by atoms with Crippen molar-refractivity contribution < 1.29 is 22.3 Å². The average Bonchev–Trinajstić information content (AvgIpc) is 2.56. The molecule has 7 heteroatoms. The van der Waals surface area contributed by atoms with Crippen LogP contribution in [0.1, 0.15) is 10.8 Å². The van der Waals surface area contributed by atoms with E-state index in [1.807, 2.05) is 0 Å². The van der Waals surface area contributed by atoms with Crippen molar-refractivity contribution in [2.75, 3.05) is 20.8 Å². The van der Waals surface area contributed by atoms with E-state index in [4.69, 9.17) is 15.2 Å². The molecule has 0 aliphatic heterocycles. The van der Waals surface area contributed by atoms with E-state index >= 15 is 0 Å². The van der Waals surface area contributed by atoms with Gasteiger partial charge in [0.2, 0.25) is 0 Å². The summed E-state index contributed by atoms with van der Waals surface area (Å²) in [6.07, 6.45) is 0. The smallest absolute Gasteiger partial charge is 0.186 e. The number of rotatable bonds is 6. The molecule has 0 aliphatic carbocycles. The molecule has 0 fully saturated rings. The lowest BCUT2D eigenvalue weighted by molar-refractivity contribution is 0.390. The van der Waals surface area contributed by atoms with Crippen LogP contribution in [0, 0.1) is 5.82 Å². The Kier molecular flexibility index (Phi) is 5.23. The van der Waals surface area contributed by atoms with Crippen LogP contribution in [0.15, 0.2) is 47.4 Å². The zero-order valence-electron chi connectivity index (χ0n) is 12.8. The number of hydrogen-bond acceptors (Lipinski definition) is 5. The summed E-state index contributed by atoms with van der Waals surface area (Å²) in [6.45, 7) is -0.137. The van der Waals surface area contributed by atoms with Crippen LogP contribution in [-0.2, 0) is 9.84 Å². The molecule has 5 nitrogen and oxygen atoms in total. The summed E-state index contributed by atoms with van der Waals surface area (Å²) in [4.78, 5) is 0.00669. The van der Waals surface area contributed by atoms with E-state index in [2.05, 4.69) is 0 Å². The summed E-state index contributed by atoms with van der Waals surface area (Å²) >= 11 is 0. The highest BCUT2D eigenvalue weighted by Gasteiger charge is 2.30. The van der Waals surface area contributed by atoms with Gasteiger partial charge in [0.25, 0.3) is 0 Å². The molecule has 0 aliphatic rings. The van der Waals surface area contributed by atoms with E-state index in [9.17, 15) is 12.8 Å². The maximum absolute atomic E-state index is 13.0. The van der Waals surface area contributed by atoms with Gasteiger partial charge in [0.1, 0.15) is 22.6 Å². The van der Waals surface area contributed by atoms with Gasteiger partial charge in [0.05, 0.1) is 19.1 Å². The highest BCUT2D eigenvalue weighted by Crippen LogP contribution is 2.36. The average molecular weight is 339 g/mol. The lowest BCUT2D eigenvalue weighted by Gasteiger charge is -2.19. The molecule has 2 aromatic carbocycles. The van der Waals surface area contributed by atoms with E-state index in [1.54, 1.807) is 18.2 Å². The topological polar surface area (TPSA) is 78.6 Å². The summed E-state index contributed by atoms with van der Waals surface area (Å²) in [7, 11) is -0.841. The number of benzene rings is 2. The third-order valence-electron chi connectivity index (χ3n) is 3.52. The Morgan fingerprint density at radius 1 is 1.09 bits per heavy atom. The largest absolute Gasteiger partial charge is 0.497 e. The Bertz CT molecular complexity index is 775. The van der Waals surface area contributed by atoms with E-state index in [0.29, 0.717) is 17.1 Å². The number of hydrogen-bond donors (Lipinski definition) is 1. The van der Waals surface area contributed by atoms with Gasteiger partial charge in [0.15, 0.2) is 9.84 Å². The molecule has 2 aromatic rings. The monoisotopic (exact) mass is 339 g/mol. The fourth-order valence-corrected chi connectivity index (χ4v) is 3.92. The molecule has 0 radical (unpaired) electrons. The van der Waals surface area contributed by atoms with Gasteiger partial charge in [-0.1, -0.05) is 6.07 Å². The molecular formula is C16H18FNO4S. The lowest BCUT2D eigenvalue weighted by atomic mass is 10.1. The third kappa shape index (κ3) is 3.46. The summed E-state index contributed by atoms with van der Waals surface area (Å²) in [5.74, 6) is 0.404. The van der Waals surface area contributed by atoms with Crippen LogP contribution in [0.5, 0.6) is 11.5 Å². The van der Waals surface area contributed by atoms with Crippen LogP contribution >= 0.6 is 0 Å². The molecule has 0 saturated carbocycles. The zero-order valence-corrected chi connectivity index (χ0v) is 13.6. The highest BCUT2D eigenvalue weighted by atomic mass is 32.2. The maximum Gasteiger partial charge on any atom is 0.186 e. The molecule has 124 valence electrons. The first-order chi connectivity index (χ1) is 10.9. The van der Waals surface area contributed by atoms with Crippen LogP contribution in [-0.4, -0.2) is 29.2 Å². The van der Waals surface area contributed by atoms with Crippen molar-refractivity contribution in [3.05, 3.63) is 53.8 Å². The first-order valence-electron chi connectivity index (χ1n) is 6.85. The minimum Gasteiger partial charge on any atom is -0.497 e. The van der Waals surface area contributed by atoms with Crippen molar-refractivity contribution in [3.63, 3.8) is 0 Å². The third-order valence-corrected chi connectivity index (χ3v) is 5.64. The van der Waals surface area contributed by atoms with Crippen molar-refractivity contribution >= 4 is 9.84 Å². The van der Waals surface area contributed by atoms with E-state index < -0.39 is 20.9 Å². The molecule has 0 spiro atoms. The number of ether oxygens (including phenoxy) is 2. The maximum atomic E-state index is 13.0. The van der Waals surface area contributed by atoms with Gasteiger partial charge in [-0.3, -0.25) is 0 Å². The first-order valence-corrected chi connectivity index (χ1v) is 8.40. The molecular weight excluding hydrogens is 321 g/mol. The SMILES string of the molecule is COc1ccc([C@@H](CN)S(=O)(=O)c2ccc(F)cc2)c(OC)c1. The zero-order chi connectivity index (χ0) is 17.0. The predicted molar refractivity (Wildman–Crippen MR) is 84.9 cm³/mol. The van der Waals surface area contributed by atoms with Crippen molar-refractivity contribution in [2.24, 2.45) is 5.73 Å². The molecule has 0 heterocycles. The molecule has 0 amide bonds. The van der Waals surface area contributed by atoms with E-state index in [0.717, 1.165) is 12.1 Å². The number of nitrogens with two attached hydrogens (primary N) is 1. The Morgan fingerprint density at radius 3 is 2.26 bits per heavy atom. The van der Waals surface area contributed by atoms with Gasteiger partial charge in [0, 0.05) is 18.2 Å². The molecule has 1 atom stereocenters. The lowest BCUT2D eigenvalue weighted by Crippen LogP contribution is -2.23. The number of sulfone groups is 1. The Morgan fingerprint density at radius 2 is 1.74 bits per heavy atom. The van der Waals surface area contributed by atoms with E-state index in [1.165, 1.54) is 26.4 Å². The van der Waals surface area contributed by atoms with Crippen LogP contribution < -0.4 is 15.2 Å². The predicted octanol–water partition coefficient (Wildman–Crippen LogP) is 2.32. The summed E-state index contributed by atoms with van der Waals surface area (Å²) in [5.41, 5.74) is 6.14. The minimum absolute atomic E-state index is 0.00669. The van der Waals surface area contributed by atoms with Crippen LogP contribution in [0.3, 0.4) is 0 Å². The molecule has 23 heavy (non-hydrogen) atoms. The molecule has 2 N–H and O–H groups in total. The quantitative estimate of drug-likeness (QED) is 0.817. The summed E-state index contributed by atoms with van der Waals surface area (Å²) in [5, 5.41) is -1.01. The second-order valence-corrected chi connectivity index (χ2v) is 6.96. The molecule has 0 aromatic heterocycles. The Hall–Kier alpha value is -2.12. The van der Waals surface area contributed by atoms with Crippen molar-refractivity contribution in [1.82, 2.24) is 0 Å². The van der Waals surface area contributed by atoms with E-state index in [-0.39, 0.29) is 11.4 Å². The van der Waals surface area contributed by atoms with Crippen molar-refractivity contribution in [3.8, 4) is 11.5 Å². The van der Waals surface area contributed by atoms with Gasteiger partial charge in [-0.25, -0.2) is 12.8 Å². The highest BCUT2D eigenvalue weighted by molar-refractivity contribution is 7.91. The first kappa shape index (κ1) is 17.2. The van der Waals surface area contributed by atoms with Gasteiger partial charge >= 0.3 is 0 Å². The minimum atomic E-state index is -3.79. The number of halogens is 1. The molecule has 2 rings (SSSR count). The Balaban J connectivity index is 2.52. The molecule has 0 saturated heterocycles. The van der Waals surface area contributed by atoms with Crippen LogP contribution in [0.4, 0.5) is 4.39 Å². The normalized spacial score (nSPS) is 12.7. The van der Waals surface area contributed by atoms with Crippen LogP contribution in [0.2, 0.25) is 0 Å². The van der Waals surface area contributed by atoms with Gasteiger partial charge in [-0.05, 0) is 30.3 Å². The second-order valence-electron chi connectivity index (χ2n) is 4.83. The van der Waals surface area contributed by atoms with Crippen LogP contribution in [0.25, 0.3) is 0 Å². The fourth-order valence-electron chi connectivity index (χ4n) is 2.29. The summed E-state index contributed by atoms with van der Waals surface area (Å²) in [6, 6.07) is 9.50. The second kappa shape index (κ2) is 6.97. The molecule has 0 bridgehead atoms. The standard InChI is InChI=1S/C16H18FNO4S/c1-21-12-5-8-14(15(9-12)22-2)16(10-18)23(19,20)13-6-3-11(17)4-7-13/h3-9,16H,10,18H2,1-2H3/t16-/m1/s1. The fraction of sp³-hybridized carbons (Fsp3) is 0.250. The molecule has 0 unspecified atom stereocenters. The van der Waals surface area contributed by atoms with Gasteiger partial charge < -0.3 is 15.2 Å². The van der Waals surface area contributed by atoms with Crippen molar-refractivity contribution in [1.29, 1.82) is 0 Å². The van der Waals surface area contributed by atoms with Crippen molar-refractivity contribution in [2.45, 2.75) is 10.1 Å².